The highest BCUT2D eigenvalue weighted by Crippen LogP contribution is 2.37. The number of benzene rings is 1. The molecule has 0 spiro atoms. The minimum Gasteiger partial charge on any atom is -0.491 e. The van der Waals surface area contributed by atoms with Crippen LogP contribution in [0.1, 0.15) is 44.9 Å². The van der Waals surface area contributed by atoms with Crippen molar-refractivity contribution in [3.8, 4) is 17.4 Å². The van der Waals surface area contributed by atoms with Gasteiger partial charge in [-0.15, -0.1) is 0 Å². The molecule has 3 heterocycles. The van der Waals surface area contributed by atoms with Gasteiger partial charge in [0.25, 0.3) is 5.88 Å². The van der Waals surface area contributed by atoms with Crippen LogP contribution in [0.4, 0.5) is 0 Å². The molecule has 1 atom stereocenters. The highest BCUT2D eigenvalue weighted by Gasteiger charge is 2.31. The number of para-hydroxylation sites is 1. The van der Waals surface area contributed by atoms with Crippen molar-refractivity contribution < 1.29 is 14.2 Å². The van der Waals surface area contributed by atoms with Crippen molar-refractivity contribution in [3.05, 3.63) is 47.7 Å². The third kappa shape index (κ3) is 4.65. The van der Waals surface area contributed by atoms with Gasteiger partial charge in [0.1, 0.15) is 18.0 Å². The number of hydrogen-bond donors (Lipinski definition) is 1. The molecule has 29 heavy (non-hydrogen) atoms. The Bertz CT molecular complexity index is 853. The van der Waals surface area contributed by atoms with E-state index in [0.29, 0.717) is 12.5 Å². The van der Waals surface area contributed by atoms with E-state index in [4.69, 9.17) is 14.2 Å². The smallest absolute Gasteiger partial charge is 0.257 e. The predicted molar refractivity (Wildman–Crippen MR) is 113 cm³/mol. The molecule has 0 amide bonds. The summed E-state index contributed by atoms with van der Waals surface area (Å²) in [5.41, 5.74) is 1.99. The number of piperazine rings is 1. The Balaban J connectivity index is 1.50. The number of pyridine rings is 1. The first-order chi connectivity index (χ1) is 13.9. The van der Waals surface area contributed by atoms with Gasteiger partial charge in [0.15, 0.2) is 5.75 Å². The third-order valence-electron chi connectivity index (χ3n) is 5.20. The van der Waals surface area contributed by atoms with Crippen molar-refractivity contribution >= 4 is 0 Å². The molecule has 2 aromatic rings. The number of fused-ring (bicyclic) bond motifs is 1. The van der Waals surface area contributed by atoms with Gasteiger partial charge in [-0.3, -0.25) is 4.90 Å². The first-order valence-electron chi connectivity index (χ1n) is 10.4. The SMILES string of the molecule is CC(C)Oc1ccccc1C1CN(Cc2ccnc3c2OCC(C)(C)O3)CCN1. The van der Waals surface area contributed by atoms with Gasteiger partial charge in [-0.1, -0.05) is 18.2 Å². The van der Waals surface area contributed by atoms with E-state index >= 15 is 0 Å². The Kier molecular flexibility index (Phi) is 5.65. The van der Waals surface area contributed by atoms with Crippen LogP contribution < -0.4 is 19.5 Å². The molecule has 1 aromatic carbocycles. The minimum atomic E-state index is -0.348. The summed E-state index contributed by atoms with van der Waals surface area (Å²) >= 11 is 0. The first-order valence-corrected chi connectivity index (χ1v) is 10.4. The molecule has 1 saturated heterocycles. The zero-order chi connectivity index (χ0) is 20.4. The number of ether oxygens (including phenoxy) is 3. The van der Waals surface area contributed by atoms with Gasteiger partial charge in [-0.2, -0.15) is 0 Å². The Hall–Kier alpha value is -2.31. The second-order valence-corrected chi connectivity index (χ2v) is 8.70. The van der Waals surface area contributed by atoms with Gasteiger partial charge >= 0.3 is 0 Å². The van der Waals surface area contributed by atoms with Crippen molar-refractivity contribution in [2.45, 2.75) is 52.0 Å². The second kappa shape index (κ2) is 8.20. The summed E-state index contributed by atoms with van der Waals surface area (Å²) in [6.45, 7) is 12.3. The summed E-state index contributed by atoms with van der Waals surface area (Å²) in [4.78, 5) is 6.83. The lowest BCUT2D eigenvalue weighted by Crippen LogP contribution is -2.45. The van der Waals surface area contributed by atoms with Crippen LogP contribution in [-0.2, 0) is 6.54 Å². The third-order valence-corrected chi connectivity index (χ3v) is 5.20. The van der Waals surface area contributed by atoms with Crippen LogP contribution in [0.15, 0.2) is 36.5 Å². The summed E-state index contributed by atoms with van der Waals surface area (Å²) in [5, 5.41) is 3.65. The molecule has 1 N–H and O–H groups in total. The molecule has 0 aliphatic carbocycles. The van der Waals surface area contributed by atoms with E-state index in [1.165, 1.54) is 5.56 Å². The molecular formula is C23H31N3O3. The highest BCUT2D eigenvalue weighted by molar-refractivity contribution is 5.43. The molecule has 156 valence electrons. The number of nitrogens with zero attached hydrogens (tertiary/aromatic N) is 2. The lowest BCUT2D eigenvalue weighted by molar-refractivity contribution is 0.0148. The molecule has 1 aromatic heterocycles. The van der Waals surface area contributed by atoms with Gasteiger partial charge in [0.2, 0.25) is 0 Å². The molecule has 2 aliphatic rings. The summed E-state index contributed by atoms with van der Waals surface area (Å²) in [6, 6.07) is 10.6. The van der Waals surface area contributed by atoms with Crippen LogP contribution in [0.25, 0.3) is 0 Å². The zero-order valence-electron chi connectivity index (χ0n) is 17.8. The quantitative estimate of drug-likeness (QED) is 0.833. The lowest BCUT2D eigenvalue weighted by atomic mass is 10.0. The normalized spacial score (nSPS) is 21.2. The maximum Gasteiger partial charge on any atom is 0.257 e. The number of aromatic nitrogens is 1. The summed E-state index contributed by atoms with van der Waals surface area (Å²) < 4.78 is 18.1. The number of hydrogen-bond acceptors (Lipinski definition) is 6. The fourth-order valence-corrected chi connectivity index (χ4v) is 3.89. The van der Waals surface area contributed by atoms with Crippen molar-refractivity contribution in [2.75, 3.05) is 26.2 Å². The summed E-state index contributed by atoms with van der Waals surface area (Å²) in [6.07, 6.45) is 1.96. The topological polar surface area (TPSA) is 55.9 Å². The Morgan fingerprint density at radius 3 is 2.93 bits per heavy atom. The molecule has 0 saturated carbocycles. The average molecular weight is 398 g/mol. The standard InChI is InChI=1S/C23H31N3O3/c1-16(2)28-20-8-6-5-7-18(20)19-14-26(12-11-24-19)13-17-9-10-25-22-21(17)27-15-23(3,4)29-22/h5-10,16,19,24H,11-15H2,1-4H3. The van der Waals surface area contributed by atoms with Gasteiger partial charge in [-0.25, -0.2) is 4.98 Å². The van der Waals surface area contributed by atoms with Crippen LogP contribution in [0, 0.1) is 0 Å². The van der Waals surface area contributed by atoms with Crippen molar-refractivity contribution in [1.29, 1.82) is 0 Å². The monoisotopic (exact) mass is 397 g/mol. The molecule has 1 fully saturated rings. The van der Waals surface area contributed by atoms with E-state index in [-0.39, 0.29) is 17.7 Å². The molecule has 6 nitrogen and oxygen atoms in total. The van der Waals surface area contributed by atoms with E-state index in [1.54, 1.807) is 0 Å². The van der Waals surface area contributed by atoms with Crippen LogP contribution in [0.5, 0.6) is 17.4 Å². The Morgan fingerprint density at radius 1 is 1.28 bits per heavy atom. The van der Waals surface area contributed by atoms with E-state index in [1.807, 2.05) is 32.2 Å². The molecule has 2 aliphatic heterocycles. The maximum atomic E-state index is 6.04. The van der Waals surface area contributed by atoms with Crippen molar-refractivity contribution in [3.63, 3.8) is 0 Å². The van der Waals surface area contributed by atoms with Crippen LogP contribution in [0.2, 0.25) is 0 Å². The summed E-state index contributed by atoms with van der Waals surface area (Å²) in [7, 11) is 0. The van der Waals surface area contributed by atoms with E-state index in [2.05, 4.69) is 47.2 Å². The Morgan fingerprint density at radius 2 is 2.10 bits per heavy atom. The van der Waals surface area contributed by atoms with Crippen molar-refractivity contribution in [2.24, 2.45) is 0 Å². The molecule has 1 unspecified atom stereocenters. The average Bonchev–Trinajstić information content (AvgIpc) is 2.67. The molecule has 4 rings (SSSR count). The lowest BCUT2D eigenvalue weighted by Gasteiger charge is -2.36. The van der Waals surface area contributed by atoms with Crippen LogP contribution in [0.3, 0.4) is 0 Å². The zero-order valence-corrected chi connectivity index (χ0v) is 17.8. The van der Waals surface area contributed by atoms with Crippen LogP contribution >= 0.6 is 0 Å². The van der Waals surface area contributed by atoms with E-state index < -0.39 is 0 Å². The number of rotatable bonds is 5. The summed E-state index contributed by atoms with van der Waals surface area (Å²) in [5.74, 6) is 2.34. The van der Waals surface area contributed by atoms with Gasteiger partial charge in [0, 0.05) is 49.5 Å². The second-order valence-electron chi connectivity index (χ2n) is 8.70. The highest BCUT2D eigenvalue weighted by atomic mass is 16.6. The molecule has 6 heteroatoms. The van der Waals surface area contributed by atoms with E-state index in [9.17, 15) is 0 Å². The fourth-order valence-electron chi connectivity index (χ4n) is 3.89. The number of nitrogens with one attached hydrogen (secondary N) is 1. The predicted octanol–water partition coefficient (Wildman–Crippen LogP) is 3.57. The van der Waals surface area contributed by atoms with Crippen LogP contribution in [-0.4, -0.2) is 47.8 Å². The molecular weight excluding hydrogens is 366 g/mol. The van der Waals surface area contributed by atoms with Crippen molar-refractivity contribution in [1.82, 2.24) is 15.2 Å². The fraction of sp³-hybridized carbons (Fsp3) is 0.522. The maximum absolute atomic E-state index is 6.04. The van der Waals surface area contributed by atoms with Gasteiger partial charge in [0.05, 0.1) is 6.10 Å². The van der Waals surface area contributed by atoms with E-state index in [0.717, 1.165) is 43.2 Å². The molecule has 0 radical (unpaired) electrons. The minimum absolute atomic E-state index is 0.153. The molecule has 0 bridgehead atoms. The van der Waals surface area contributed by atoms with Gasteiger partial charge in [-0.05, 0) is 39.8 Å². The first kappa shape index (κ1) is 20.0. The van der Waals surface area contributed by atoms with Gasteiger partial charge < -0.3 is 19.5 Å². The Labute approximate surface area is 173 Å². The largest absolute Gasteiger partial charge is 0.491 e.